The van der Waals surface area contributed by atoms with Crippen LogP contribution in [0.4, 0.5) is 0 Å². The van der Waals surface area contributed by atoms with E-state index in [2.05, 4.69) is 21.2 Å². The molecule has 1 N–H and O–H groups in total. The molecule has 27 heavy (non-hydrogen) atoms. The van der Waals surface area contributed by atoms with Gasteiger partial charge < -0.3 is 14.2 Å². The summed E-state index contributed by atoms with van der Waals surface area (Å²) in [6, 6.07) is 12.0. The lowest BCUT2D eigenvalue weighted by molar-refractivity contribution is 0.0925. The van der Waals surface area contributed by atoms with E-state index in [1.54, 1.807) is 24.3 Å². The zero-order valence-electron chi connectivity index (χ0n) is 14.1. The number of hydrogen-bond acceptors (Lipinski definition) is 4. The number of fused-ring (bicyclic) bond motifs is 2. The van der Waals surface area contributed by atoms with Crippen LogP contribution in [0, 0.1) is 6.92 Å². The Bertz CT molecular complexity index is 1260. The van der Waals surface area contributed by atoms with Gasteiger partial charge in [-0.1, -0.05) is 27.5 Å². The first-order valence-corrected chi connectivity index (χ1v) is 9.28. The summed E-state index contributed by atoms with van der Waals surface area (Å²) in [5, 5.41) is 4.84. The second-order valence-corrected chi connectivity index (χ2v) is 7.49. The molecule has 0 atom stereocenters. The highest BCUT2D eigenvalue weighted by atomic mass is 79.9. The smallest absolute Gasteiger partial charge is 0.336 e. The Labute approximate surface area is 167 Å². The molecule has 0 spiro atoms. The summed E-state index contributed by atoms with van der Waals surface area (Å²) in [4.78, 5) is 24.3. The zero-order valence-corrected chi connectivity index (χ0v) is 16.5. The minimum Gasteiger partial charge on any atom is -0.451 e. The van der Waals surface area contributed by atoms with Gasteiger partial charge >= 0.3 is 5.63 Å². The van der Waals surface area contributed by atoms with Gasteiger partial charge in [-0.05, 0) is 54.4 Å². The molecule has 0 unspecified atom stereocenters. The Hall–Kier alpha value is -2.57. The number of carbonyl (C=O) groups excluding carboxylic acids is 1. The summed E-state index contributed by atoms with van der Waals surface area (Å²) in [5.41, 5.74) is 2.00. The van der Waals surface area contributed by atoms with E-state index in [0.29, 0.717) is 27.1 Å². The van der Waals surface area contributed by atoms with Gasteiger partial charge in [0.2, 0.25) is 0 Å². The van der Waals surface area contributed by atoms with Gasteiger partial charge in [-0.3, -0.25) is 4.79 Å². The second-order valence-electron chi connectivity index (χ2n) is 6.16. The summed E-state index contributed by atoms with van der Waals surface area (Å²) >= 11 is 9.58. The topological polar surface area (TPSA) is 72.5 Å². The highest BCUT2D eigenvalue weighted by Gasteiger charge is 2.14. The number of furan rings is 1. The van der Waals surface area contributed by atoms with E-state index in [1.807, 2.05) is 19.1 Å². The van der Waals surface area contributed by atoms with Gasteiger partial charge in [-0.25, -0.2) is 4.79 Å². The molecule has 2 aromatic carbocycles. The first kappa shape index (κ1) is 17.8. The summed E-state index contributed by atoms with van der Waals surface area (Å²) in [6.07, 6.45) is 0. The van der Waals surface area contributed by atoms with Crippen LogP contribution in [-0.2, 0) is 6.54 Å². The molecule has 0 radical (unpaired) electrons. The van der Waals surface area contributed by atoms with Crippen molar-refractivity contribution in [2.75, 3.05) is 0 Å². The lowest BCUT2D eigenvalue weighted by atomic mass is 10.1. The van der Waals surface area contributed by atoms with Crippen LogP contribution in [0.5, 0.6) is 0 Å². The molecule has 0 saturated carbocycles. The van der Waals surface area contributed by atoms with Crippen molar-refractivity contribution in [1.29, 1.82) is 0 Å². The summed E-state index contributed by atoms with van der Waals surface area (Å²) in [6.45, 7) is 1.97. The summed E-state index contributed by atoms with van der Waals surface area (Å²) in [5.74, 6) is -0.175. The lowest BCUT2D eigenvalue weighted by Crippen LogP contribution is -2.23. The van der Waals surface area contributed by atoms with Gasteiger partial charge in [0, 0.05) is 32.9 Å². The van der Waals surface area contributed by atoms with Crippen LogP contribution < -0.4 is 10.9 Å². The minimum absolute atomic E-state index is 0.140. The lowest BCUT2D eigenvalue weighted by Gasteiger charge is -2.08. The standard InChI is InChI=1S/C20H13BrClNO4/c1-10-4-17-14(8-15(10)22)12(7-19(24)27-17)9-23-20(25)18-6-11-5-13(21)2-3-16(11)26-18/h2-8H,9H2,1H3,(H,23,25). The number of aryl methyl sites for hydroxylation is 1. The molecule has 136 valence electrons. The van der Waals surface area contributed by atoms with Crippen molar-refractivity contribution in [3.63, 3.8) is 0 Å². The fourth-order valence-electron chi connectivity index (χ4n) is 2.88. The fraction of sp³-hybridized carbons (Fsp3) is 0.100. The molecule has 2 aromatic heterocycles. The molecule has 1 amide bonds. The third kappa shape index (κ3) is 3.50. The quantitative estimate of drug-likeness (QED) is 0.439. The Morgan fingerprint density at radius 3 is 2.74 bits per heavy atom. The van der Waals surface area contributed by atoms with E-state index in [9.17, 15) is 9.59 Å². The largest absolute Gasteiger partial charge is 0.451 e. The van der Waals surface area contributed by atoms with Crippen molar-refractivity contribution in [1.82, 2.24) is 5.32 Å². The van der Waals surface area contributed by atoms with Crippen LogP contribution in [0.15, 0.2) is 60.6 Å². The average molecular weight is 447 g/mol. The molecular formula is C20H13BrClNO4. The van der Waals surface area contributed by atoms with Crippen molar-refractivity contribution in [2.24, 2.45) is 0 Å². The molecule has 0 saturated heterocycles. The number of carbonyl (C=O) groups is 1. The van der Waals surface area contributed by atoms with Crippen molar-refractivity contribution < 1.29 is 13.6 Å². The highest BCUT2D eigenvalue weighted by Crippen LogP contribution is 2.26. The molecule has 4 rings (SSSR count). The maximum atomic E-state index is 12.5. The van der Waals surface area contributed by atoms with Crippen LogP contribution in [-0.4, -0.2) is 5.91 Å². The normalized spacial score (nSPS) is 11.2. The predicted octanol–water partition coefficient (Wildman–Crippen LogP) is 5.19. The summed E-state index contributed by atoms with van der Waals surface area (Å²) in [7, 11) is 0. The van der Waals surface area contributed by atoms with Crippen LogP contribution in [0.3, 0.4) is 0 Å². The highest BCUT2D eigenvalue weighted by molar-refractivity contribution is 9.10. The van der Waals surface area contributed by atoms with Crippen molar-refractivity contribution >= 4 is 55.4 Å². The third-order valence-electron chi connectivity index (χ3n) is 4.25. The average Bonchev–Trinajstić information content (AvgIpc) is 3.04. The van der Waals surface area contributed by atoms with Crippen LogP contribution in [0.1, 0.15) is 21.7 Å². The summed E-state index contributed by atoms with van der Waals surface area (Å²) < 4.78 is 11.7. The minimum atomic E-state index is -0.484. The molecule has 2 heterocycles. The van der Waals surface area contributed by atoms with Gasteiger partial charge in [0.1, 0.15) is 11.2 Å². The van der Waals surface area contributed by atoms with Crippen LogP contribution in [0.2, 0.25) is 5.02 Å². The number of benzene rings is 2. The first-order chi connectivity index (χ1) is 12.9. The van der Waals surface area contributed by atoms with Crippen molar-refractivity contribution in [3.05, 3.63) is 79.3 Å². The van der Waals surface area contributed by atoms with Crippen LogP contribution >= 0.6 is 27.5 Å². The Kier molecular flexibility index (Phi) is 4.53. The van der Waals surface area contributed by atoms with Gasteiger partial charge in [0.05, 0.1) is 0 Å². The van der Waals surface area contributed by atoms with Crippen LogP contribution in [0.25, 0.3) is 21.9 Å². The fourth-order valence-corrected chi connectivity index (χ4v) is 3.43. The van der Waals surface area contributed by atoms with E-state index in [1.165, 1.54) is 6.07 Å². The maximum Gasteiger partial charge on any atom is 0.336 e. The number of halogens is 2. The molecule has 0 aliphatic heterocycles. The second kappa shape index (κ2) is 6.87. The monoisotopic (exact) mass is 445 g/mol. The number of rotatable bonds is 3. The van der Waals surface area contributed by atoms with E-state index < -0.39 is 5.63 Å². The number of hydrogen-bond donors (Lipinski definition) is 1. The molecule has 0 aliphatic carbocycles. The molecule has 7 heteroatoms. The Morgan fingerprint density at radius 1 is 1.11 bits per heavy atom. The first-order valence-electron chi connectivity index (χ1n) is 8.11. The molecule has 0 aliphatic rings. The van der Waals surface area contributed by atoms with Gasteiger partial charge in [-0.15, -0.1) is 0 Å². The van der Waals surface area contributed by atoms with Crippen molar-refractivity contribution in [3.8, 4) is 0 Å². The molecule has 5 nitrogen and oxygen atoms in total. The SMILES string of the molecule is Cc1cc2oc(=O)cc(CNC(=O)c3cc4cc(Br)ccc4o3)c2cc1Cl. The zero-order chi connectivity index (χ0) is 19.1. The third-order valence-corrected chi connectivity index (χ3v) is 5.15. The molecule has 4 aromatic rings. The van der Waals surface area contributed by atoms with Crippen molar-refractivity contribution in [2.45, 2.75) is 13.5 Å². The van der Waals surface area contributed by atoms with E-state index in [0.717, 1.165) is 15.4 Å². The molecular weight excluding hydrogens is 434 g/mol. The van der Waals surface area contributed by atoms with E-state index >= 15 is 0 Å². The number of nitrogens with one attached hydrogen (secondary N) is 1. The predicted molar refractivity (Wildman–Crippen MR) is 107 cm³/mol. The Balaban J connectivity index is 1.63. The molecule has 0 bridgehead atoms. The Morgan fingerprint density at radius 2 is 1.93 bits per heavy atom. The van der Waals surface area contributed by atoms with Gasteiger partial charge in [-0.2, -0.15) is 0 Å². The number of amides is 1. The maximum absolute atomic E-state index is 12.5. The van der Waals surface area contributed by atoms with E-state index in [4.69, 9.17) is 20.4 Å². The van der Waals surface area contributed by atoms with Gasteiger partial charge in [0.15, 0.2) is 5.76 Å². The van der Waals surface area contributed by atoms with Gasteiger partial charge in [0.25, 0.3) is 5.91 Å². The van der Waals surface area contributed by atoms with E-state index in [-0.39, 0.29) is 18.2 Å². The molecule has 0 fully saturated rings.